The Morgan fingerprint density at radius 3 is 2.80 bits per heavy atom. The van der Waals surface area contributed by atoms with Gasteiger partial charge in [-0.05, 0) is 68.2 Å². The number of aromatic nitrogens is 3. The second-order valence-corrected chi connectivity index (χ2v) is 8.22. The fraction of sp³-hybridized carbons (Fsp3) is 0.185. The summed E-state index contributed by atoms with van der Waals surface area (Å²) in [5, 5.41) is 2.66. The van der Waals surface area contributed by atoms with Gasteiger partial charge in [-0.1, -0.05) is 12.0 Å². The lowest BCUT2D eigenvalue weighted by Gasteiger charge is -2.22. The van der Waals surface area contributed by atoms with Crippen molar-refractivity contribution in [2.45, 2.75) is 25.8 Å². The van der Waals surface area contributed by atoms with E-state index in [1.165, 1.54) is 6.07 Å². The van der Waals surface area contributed by atoms with E-state index in [1.54, 1.807) is 60.9 Å². The number of nitrogens with one attached hydrogen (secondary N) is 1. The highest BCUT2D eigenvalue weighted by atomic mass is 19.1. The summed E-state index contributed by atoms with van der Waals surface area (Å²) in [4.78, 5) is 35.2. The number of nitrogens with zero attached hydrogens (tertiary/aromatic N) is 4. The zero-order valence-electron chi connectivity index (χ0n) is 19.0. The molecule has 1 N–H and O–H groups in total. The Morgan fingerprint density at radius 2 is 2.03 bits per heavy atom. The number of anilines is 1. The molecule has 1 unspecified atom stereocenters. The van der Waals surface area contributed by atoms with Crippen LogP contribution in [0.4, 0.5) is 10.2 Å². The predicted octanol–water partition coefficient (Wildman–Crippen LogP) is 4.47. The van der Waals surface area contributed by atoms with E-state index in [9.17, 15) is 9.59 Å². The normalized spacial score (nSPS) is 15.0. The number of carbonyl (C=O) groups is 2. The predicted molar refractivity (Wildman–Crippen MR) is 130 cm³/mol. The molecule has 1 saturated heterocycles. The molecule has 35 heavy (non-hydrogen) atoms. The van der Waals surface area contributed by atoms with Crippen LogP contribution in [0.1, 0.15) is 41.7 Å². The Hall–Kier alpha value is -4.51. The quantitative estimate of drug-likeness (QED) is 0.449. The van der Waals surface area contributed by atoms with Gasteiger partial charge in [-0.15, -0.1) is 0 Å². The van der Waals surface area contributed by atoms with Crippen molar-refractivity contribution in [1.82, 2.24) is 19.3 Å². The number of rotatable bonds is 4. The maximum absolute atomic E-state index is 15.3. The van der Waals surface area contributed by atoms with E-state index in [2.05, 4.69) is 27.1 Å². The number of amides is 2. The molecule has 8 heteroatoms. The third-order valence-electron chi connectivity index (χ3n) is 6.13. The molecule has 2 amide bonds. The third-order valence-corrected chi connectivity index (χ3v) is 6.13. The molecular weight excluding hydrogens is 445 g/mol. The molecule has 174 valence electrons. The van der Waals surface area contributed by atoms with Crippen molar-refractivity contribution in [2.75, 3.05) is 11.9 Å². The van der Waals surface area contributed by atoms with Gasteiger partial charge < -0.3 is 10.2 Å². The zero-order chi connectivity index (χ0) is 24.4. The summed E-state index contributed by atoms with van der Waals surface area (Å²) in [5.41, 5.74) is 2.88. The zero-order valence-corrected chi connectivity index (χ0v) is 19.0. The summed E-state index contributed by atoms with van der Waals surface area (Å²) in [5.74, 6) is 4.50. The maximum atomic E-state index is 15.3. The van der Waals surface area contributed by atoms with Crippen molar-refractivity contribution >= 4 is 23.1 Å². The molecule has 5 rings (SSSR count). The van der Waals surface area contributed by atoms with Crippen LogP contribution >= 0.6 is 0 Å². The average molecular weight is 468 g/mol. The molecule has 1 aliphatic heterocycles. The third kappa shape index (κ3) is 4.24. The van der Waals surface area contributed by atoms with Crippen LogP contribution in [0.25, 0.3) is 16.8 Å². The first-order valence-corrected chi connectivity index (χ1v) is 11.3. The topological polar surface area (TPSA) is 79.6 Å². The molecule has 0 radical (unpaired) electrons. The SMILES string of the molecule is CC#CC(=O)N1CCCC1c1cc(-c2ccc(C(=O)Nc3ccccn3)cc2F)n2cnccc12. The van der Waals surface area contributed by atoms with Crippen molar-refractivity contribution in [3.63, 3.8) is 0 Å². The molecule has 1 atom stereocenters. The smallest absolute Gasteiger partial charge is 0.298 e. The van der Waals surface area contributed by atoms with Gasteiger partial charge in [0.1, 0.15) is 11.6 Å². The molecular formula is C27H22FN5O2. The highest BCUT2D eigenvalue weighted by Crippen LogP contribution is 2.38. The molecule has 1 aromatic carbocycles. The van der Waals surface area contributed by atoms with Gasteiger partial charge in [0.25, 0.3) is 11.8 Å². The van der Waals surface area contributed by atoms with E-state index in [0.29, 0.717) is 23.6 Å². The van der Waals surface area contributed by atoms with Gasteiger partial charge in [0.05, 0.1) is 23.6 Å². The number of fused-ring (bicyclic) bond motifs is 1. The minimum Gasteiger partial charge on any atom is -0.325 e. The maximum Gasteiger partial charge on any atom is 0.298 e. The van der Waals surface area contributed by atoms with Gasteiger partial charge in [-0.25, -0.2) is 14.4 Å². The van der Waals surface area contributed by atoms with E-state index < -0.39 is 11.7 Å². The van der Waals surface area contributed by atoms with Crippen molar-refractivity contribution in [1.29, 1.82) is 0 Å². The fourth-order valence-corrected chi connectivity index (χ4v) is 4.55. The Bertz CT molecular complexity index is 1490. The summed E-state index contributed by atoms with van der Waals surface area (Å²) in [7, 11) is 0. The van der Waals surface area contributed by atoms with E-state index >= 15 is 4.39 Å². The van der Waals surface area contributed by atoms with Crippen molar-refractivity contribution in [3.8, 4) is 23.1 Å². The van der Waals surface area contributed by atoms with Crippen LogP contribution in [-0.4, -0.2) is 37.6 Å². The van der Waals surface area contributed by atoms with Crippen LogP contribution < -0.4 is 5.32 Å². The first kappa shape index (κ1) is 22.3. The molecule has 4 heterocycles. The first-order chi connectivity index (χ1) is 17.1. The fourth-order valence-electron chi connectivity index (χ4n) is 4.55. The Labute approximate surface area is 201 Å². The van der Waals surface area contributed by atoms with Crippen LogP contribution in [0.2, 0.25) is 0 Å². The number of hydrogen-bond donors (Lipinski definition) is 1. The molecule has 3 aromatic heterocycles. The summed E-state index contributed by atoms with van der Waals surface area (Å²) in [6.45, 7) is 2.27. The molecule has 0 aliphatic carbocycles. The van der Waals surface area contributed by atoms with Gasteiger partial charge in [0, 0.05) is 35.6 Å². The average Bonchev–Trinajstić information content (AvgIpc) is 3.50. The second-order valence-electron chi connectivity index (χ2n) is 8.22. The molecule has 0 saturated carbocycles. The summed E-state index contributed by atoms with van der Waals surface area (Å²) in [6, 6.07) is 13.1. The largest absolute Gasteiger partial charge is 0.325 e. The van der Waals surface area contributed by atoms with Crippen LogP contribution in [0.15, 0.2) is 67.3 Å². The molecule has 4 aromatic rings. The molecule has 1 fully saturated rings. The number of halogens is 1. The Morgan fingerprint density at radius 1 is 1.14 bits per heavy atom. The standard InChI is InChI=1S/C27H22FN5O2/c1-2-6-26(34)32-14-5-7-22(32)20-16-24(33-17-29-13-11-23(20)33)19-10-9-18(15-21(19)28)27(35)31-25-8-3-4-12-30-25/h3-4,8-13,15-17,22H,5,7,14H2,1H3,(H,30,31,35). The Kier molecular flexibility index (Phi) is 5.98. The van der Waals surface area contributed by atoms with E-state index in [0.717, 1.165) is 23.9 Å². The van der Waals surface area contributed by atoms with Crippen LogP contribution in [0.3, 0.4) is 0 Å². The van der Waals surface area contributed by atoms with Crippen LogP contribution in [0, 0.1) is 17.7 Å². The monoisotopic (exact) mass is 467 g/mol. The number of benzene rings is 1. The highest BCUT2D eigenvalue weighted by molar-refractivity contribution is 6.04. The molecule has 1 aliphatic rings. The number of hydrogen-bond acceptors (Lipinski definition) is 4. The second kappa shape index (κ2) is 9.39. The van der Waals surface area contributed by atoms with E-state index in [-0.39, 0.29) is 17.5 Å². The minimum atomic E-state index is -0.537. The van der Waals surface area contributed by atoms with Crippen molar-refractivity contribution in [2.24, 2.45) is 0 Å². The van der Waals surface area contributed by atoms with Gasteiger partial charge in [0.15, 0.2) is 0 Å². The van der Waals surface area contributed by atoms with E-state index in [1.807, 2.05) is 16.5 Å². The number of carbonyl (C=O) groups excluding carboxylic acids is 2. The summed E-state index contributed by atoms with van der Waals surface area (Å²) < 4.78 is 17.2. The molecule has 0 bridgehead atoms. The number of pyridine rings is 1. The lowest BCUT2D eigenvalue weighted by atomic mass is 10.0. The van der Waals surface area contributed by atoms with Crippen molar-refractivity contribution < 1.29 is 14.0 Å². The van der Waals surface area contributed by atoms with Gasteiger partial charge >= 0.3 is 0 Å². The van der Waals surface area contributed by atoms with Gasteiger partial charge in [-0.2, -0.15) is 0 Å². The first-order valence-electron chi connectivity index (χ1n) is 11.3. The molecule has 0 spiro atoms. The number of likely N-dealkylation sites (tertiary alicyclic amines) is 1. The van der Waals surface area contributed by atoms with Gasteiger partial charge in [0.2, 0.25) is 0 Å². The highest BCUT2D eigenvalue weighted by Gasteiger charge is 2.32. The van der Waals surface area contributed by atoms with Gasteiger partial charge in [-0.3, -0.25) is 14.0 Å². The van der Waals surface area contributed by atoms with Crippen LogP contribution in [-0.2, 0) is 4.79 Å². The lowest BCUT2D eigenvalue weighted by molar-refractivity contribution is -0.125. The van der Waals surface area contributed by atoms with E-state index in [4.69, 9.17) is 0 Å². The summed E-state index contributed by atoms with van der Waals surface area (Å²) >= 11 is 0. The Balaban J connectivity index is 1.51. The minimum absolute atomic E-state index is 0.152. The summed E-state index contributed by atoms with van der Waals surface area (Å²) in [6.07, 6.45) is 6.54. The molecule has 7 nitrogen and oxygen atoms in total. The van der Waals surface area contributed by atoms with Crippen molar-refractivity contribution in [3.05, 3.63) is 84.2 Å². The van der Waals surface area contributed by atoms with Crippen LogP contribution in [0.5, 0.6) is 0 Å². The lowest BCUT2D eigenvalue weighted by Crippen LogP contribution is -2.29.